The van der Waals surface area contributed by atoms with Crippen molar-refractivity contribution < 1.29 is 33.5 Å². The summed E-state index contributed by atoms with van der Waals surface area (Å²) in [4.78, 5) is 84.9. The number of carbonyl (C=O) groups excluding carboxylic acids is 6. The number of amides is 5. The number of hydrogen-bond acceptors (Lipinski definition) is 8. The molecule has 5 unspecified atom stereocenters. The van der Waals surface area contributed by atoms with Crippen molar-refractivity contribution >= 4 is 35.5 Å². The maximum absolute atomic E-state index is 13.9. The van der Waals surface area contributed by atoms with E-state index in [1.54, 1.807) is 14.0 Å². The molecule has 0 aromatic heterocycles. The number of rotatable bonds is 3. The van der Waals surface area contributed by atoms with Crippen molar-refractivity contribution in [3.05, 3.63) is 0 Å². The molecule has 0 saturated carbocycles. The number of piperidine rings is 1. The van der Waals surface area contributed by atoms with Gasteiger partial charge in [-0.15, -0.1) is 0 Å². The second-order valence-electron chi connectivity index (χ2n) is 11.5. The van der Waals surface area contributed by atoms with Gasteiger partial charge in [-0.1, -0.05) is 6.92 Å². The summed E-state index contributed by atoms with van der Waals surface area (Å²) < 4.78 is 5.74. The Morgan fingerprint density at radius 1 is 0.875 bits per heavy atom. The Morgan fingerprint density at radius 3 is 2.27 bits per heavy atom. The number of carbonyl (C=O) groups is 6. The molecule has 222 valence electrons. The van der Waals surface area contributed by atoms with Crippen LogP contribution < -0.4 is 16.0 Å². The summed E-state index contributed by atoms with van der Waals surface area (Å²) in [7, 11) is 1.60. The molecular formula is C27H42N6O7. The van der Waals surface area contributed by atoms with E-state index in [2.05, 4.69) is 16.0 Å². The molecule has 5 amide bonds. The fourth-order valence-corrected chi connectivity index (χ4v) is 6.35. The van der Waals surface area contributed by atoms with Crippen LogP contribution in [0.2, 0.25) is 0 Å². The van der Waals surface area contributed by atoms with E-state index in [0.29, 0.717) is 45.3 Å². The Balaban J connectivity index is 1.72. The number of nitrogens with one attached hydrogen (secondary N) is 3. The maximum Gasteiger partial charge on any atom is 0.329 e. The first-order valence-electron chi connectivity index (χ1n) is 14.4. The van der Waals surface area contributed by atoms with Crippen molar-refractivity contribution in [1.29, 1.82) is 0 Å². The molecule has 4 saturated heterocycles. The van der Waals surface area contributed by atoms with Crippen LogP contribution in [0.5, 0.6) is 0 Å². The highest BCUT2D eigenvalue weighted by Crippen LogP contribution is 2.28. The summed E-state index contributed by atoms with van der Waals surface area (Å²) in [5.74, 6) is -2.80. The molecule has 13 heteroatoms. The monoisotopic (exact) mass is 562 g/mol. The molecule has 0 bridgehead atoms. The van der Waals surface area contributed by atoms with Gasteiger partial charge in [0.1, 0.15) is 36.3 Å². The van der Waals surface area contributed by atoms with Gasteiger partial charge in [-0.2, -0.15) is 0 Å². The standard InChI is InChI=1S/C27H42N6O7/c1-15-12-20-27(39)40-17(3)22(30-21(34)13-28-4)26(38)32-11-7-9-19(32)25(37)31-10-6-5-8-18(31)23(35)29-16(2)24(36)33(20)14-15/h15-20,22,28H,5-14H2,1-4H3,(H,29,35)(H,30,34)/t15-,16?,17?,18?,19?,20?,22+/m1/s1. The molecule has 4 rings (SSSR count). The normalized spacial score (nSPS) is 34.1. The summed E-state index contributed by atoms with van der Waals surface area (Å²) in [6, 6.07) is -4.58. The minimum atomic E-state index is -1.23. The minimum absolute atomic E-state index is 0.0198. The van der Waals surface area contributed by atoms with Crippen molar-refractivity contribution in [2.24, 2.45) is 5.92 Å². The third-order valence-corrected chi connectivity index (χ3v) is 8.40. The first kappa shape index (κ1) is 29.8. The Labute approximate surface area is 234 Å². The average Bonchev–Trinajstić information content (AvgIpc) is 3.57. The average molecular weight is 563 g/mol. The molecule has 0 aromatic carbocycles. The number of likely N-dealkylation sites (N-methyl/N-ethyl adjacent to an activating group) is 1. The Hall–Kier alpha value is -3.22. The Bertz CT molecular complexity index is 1040. The summed E-state index contributed by atoms with van der Waals surface area (Å²) in [5, 5.41) is 8.20. The fourth-order valence-electron chi connectivity index (χ4n) is 6.35. The second-order valence-corrected chi connectivity index (χ2v) is 11.5. The molecular weight excluding hydrogens is 520 g/mol. The third-order valence-electron chi connectivity index (χ3n) is 8.40. The van der Waals surface area contributed by atoms with Gasteiger partial charge in [0, 0.05) is 19.6 Å². The van der Waals surface area contributed by atoms with Gasteiger partial charge < -0.3 is 35.4 Å². The van der Waals surface area contributed by atoms with Gasteiger partial charge in [0.05, 0.1) is 6.54 Å². The van der Waals surface area contributed by atoms with Crippen molar-refractivity contribution in [2.75, 3.05) is 33.2 Å². The highest BCUT2D eigenvalue weighted by molar-refractivity contribution is 5.97. The van der Waals surface area contributed by atoms with E-state index in [9.17, 15) is 28.8 Å². The van der Waals surface area contributed by atoms with E-state index >= 15 is 0 Å². The van der Waals surface area contributed by atoms with E-state index in [1.807, 2.05) is 6.92 Å². The molecule has 0 aromatic rings. The minimum Gasteiger partial charge on any atom is -0.458 e. The van der Waals surface area contributed by atoms with Crippen molar-refractivity contribution in [1.82, 2.24) is 30.7 Å². The predicted octanol–water partition coefficient (Wildman–Crippen LogP) is -1.25. The van der Waals surface area contributed by atoms with E-state index in [1.165, 1.54) is 21.6 Å². The van der Waals surface area contributed by atoms with Crippen LogP contribution in [0, 0.1) is 5.92 Å². The maximum atomic E-state index is 13.9. The SMILES string of the molecule is CNCC(=O)N[C@@H]1C(=O)N2CCCC2C(=O)N2CCCCC2C(=O)NC(C)C(=O)N2C[C@H](C)CC2C(=O)OC1C. The third kappa shape index (κ3) is 6.08. The summed E-state index contributed by atoms with van der Waals surface area (Å²) in [6.07, 6.45) is 2.26. The molecule has 0 radical (unpaired) electrons. The van der Waals surface area contributed by atoms with Crippen LogP contribution in [0.1, 0.15) is 59.3 Å². The largest absolute Gasteiger partial charge is 0.458 e. The highest BCUT2D eigenvalue weighted by atomic mass is 16.5. The molecule has 0 aliphatic carbocycles. The van der Waals surface area contributed by atoms with Gasteiger partial charge in [-0.05, 0) is 65.3 Å². The zero-order valence-electron chi connectivity index (χ0n) is 23.8. The van der Waals surface area contributed by atoms with E-state index in [4.69, 9.17) is 4.74 Å². The predicted molar refractivity (Wildman–Crippen MR) is 142 cm³/mol. The van der Waals surface area contributed by atoms with Gasteiger partial charge in [-0.3, -0.25) is 24.0 Å². The molecule has 40 heavy (non-hydrogen) atoms. The molecule has 4 aliphatic heterocycles. The van der Waals surface area contributed by atoms with Gasteiger partial charge >= 0.3 is 5.97 Å². The second kappa shape index (κ2) is 12.5. The summed E-state index contributed by atoms with van der Waals surface area (Å²) in [6.45, 7) is 5.97. The van der Waals surface area contributed by atoms with Crippen LogP contribution >= 0.6 is 0 Å². The lowest BCUT2D eigenvalue weighted by molar-refractivity contribution is -0.163. The lowest BCUT2D eigenvalue weighted by Gasteiger charge is -2.39. The summed E-state index contributed by atoms with van der Waals surface area (Å²) >= 11 is 0. The van der Waals surface area contributed by atoms with Crippen molar-refractivity contribution in [3.8, 4) is 0 Å². The first-order valence-corrected chi connectivity index (χ1v) is 14.4. The topological polar surface area (TPSA) is 157 Å². The van der Waals surface area contributed by atoms with Crippen LogP contribution in [0.3, 0.4) is 0 Å². The Kier molecular flexibility index (Phi) is 9.32. The van der Waals surface area contributed by atoms with Crippen molar-refractivity contribution in [2.45, 2.75) is 95.6 Å². The zero-order chi connectivity index (χ0) is 29.1. The molecule has 4 heterocycles. The molecule has 13 nitrogen and oxygen atoms in total. The summed E-state index contributed by atoms with van der Waals surface area (Å²) in [5.41, 5.74) is 0. The fraction of sp³-hybridized carbons (Fsp3) is 0.778. The molecule has 0 spiro atoms. The Morgan fingerprint density at radius 2 is 1.55 bits per heavy atom. The van der Waals surface area contributed by atoms with Crippen LogP contribution in [-0.2, 0) is 33.5 Å². The molecule has 4 fully saturated rings. The molecule has 7 atom stereocenters. The van der Waals surface area contributed by atoms with Crippen LogP contribution in [-0.4, -0.2) is 120 Å². The van der Waals surface area contributed by atoms with Gasteiger partial charge in [-0.25, -0.2) is 4.79 Å². The van der Waals surface area contributed by atoms with E-state index < -0.39 is 65.9 Å². The smallest absolute Gasteiger partial charge is 0.329 e. The lowest BCUT2D eigenvalue weighted by atomic mass is 9.99. The number of ether oxygens (including phenoxy) is 1. The van der Waals surface area contributed by atoms with Gasteiger partial charge in [0.2, 0.25) is 29.5 Å². The van der Waals surface area contributed by atoms with Gasteiger partial charge in [0.15, 0.2) is 0 Å². The zero-order valence-corrected chi connectivity index (χ0v) is 23.8. The highest BCUT2D eigenvalue weighted by Gasteiger charge is 2.47. The van der Waals surface area contributed by atoms with Crippen LogP contribution in [0.25, 0.3) is 0 Å². The first-order chi connectivity index (χ1) is 19.0. The number of hydrogen-bond donors (Lipinski definition) is 3. The van der Waals surface area contributed by atoms with E-state index in [-0.39, 0.29) is 18.4 Å². The van der Waals surface area contributed by atoms with Crippen LogP contribution in [0.4, 0.5) is 0 Å². The number of nitrogens with zero attached hydrogens (tertiary/aromatic N) is 3. The van der Waals surface area contributed by atoms with Gasteiger partial charge in [0.25, 0.3) is 0 Å². The number of cyclic esters (lactones) is 1. The van der Waals surface area contributed by atoms with E-state index in [0.717, 1.165) is 12.8 Å². The van der Waals surface area contributed by atoms with Crippen LogP contribution in [0.15, 0.2) is 0 Å². The molecule has 4 aliphatic rings. The number of esters is 1. The number of fused-ring (bicyclic) bond motifs is 3. The van der Waals surface area contributed by atoms with Crippen molar-refractivity contribution in [3.63, 3.8) is 0 Å². The quantitative estimate of drug-likeness (QED) is 0.360. The lowest BCUT2D eigenvalue weighted by Crippen LogP contribution is -2.62. The molecule has 3 N–H and O–H groups in total.